The molecule has 1 aliphatic rings. The largest absolute Gasteiger partial charge is 0.497 e. The maximum absolute atomic E-state index is 6.97. The quantitative estimate of drug-likeness (QED) is 0.183. The van der Waals surface area contributed by atoms with E-state index in [1.165, 1.54) is 6.33 Å². The molecule has 11 nitrogen and oxygen atoms in total. The van der Waals surface area contributed by atoms with Gasteiger partial charge >= 0.3 is 0 Å². The average molecular weight is 638 g/mol. The fourth-order valence-corrected chi connectivity index (χ4v) is 7.06. The third-order valence-corrected chi connectivity index (χ3v) is 18.6. The van der Waals surface area contributed by atoms with Gasteiger partial charge < -0.3 is 18.3 Å². The van der Waals surface area contributed by atoms with Crippen LogP contribution in [0.2, 0.25) is 36.3 Å². The molecule has 0 saturated carbocycles. The van der Waals surface area contributed by atoms with Gasteiger partial charge in [-0.05, 0) is 60.5 Å². The molecule has 44 heavy (non-hydrogen) atoms. The predicted molar refractivity (Wildman–Crippen MR) is 176 cm³/mol. The van der Waals surface area contributed by atoms with Crippen LogP contribution in [0.4, 0.5) is 0 Å². The van der Waals surface area contributed by atoms with E-state index in [2.05, 4.69) is 88.0 Å². The summed E-state index contributed by atoms with van der Waals surface area (Å²) in [5.74, 6) is 1.33. The van der Waals surface area contributed by atoms with Gasteiger partial charge in [0.1, 0.15) is 30.1 Å². The summed E-state index contributed by atoms with van der Waals surface area (Å²) in [6, 6.07) is 7.69. The number of aromatic nitrogens is 7. The van der Waals surface area contributed by atoms with Crippen molar-refractivity contribution >= 4 is 27.8 Å². The molecule has 4 aromatic rings. The van der Waals surface area contributed by atoms with E-state index in [0.717, 1.165) is 11.3 Å². The van der Waals surface area contributed by atoms with Crippen LogP contribution >= 0.6 is 0 Å². The fraction of sp³-hybridized carbons (Fsp3) is 0.581. The van der Waals surface area contributed by atoms with Gasteiger partial charge in [-0.25, -0.2) is 15.0 Å². The minimum Gasteiger partial charge on any atom is -0.497 e. The van der Waals surface area contributed by atoms with Crippen LogP contribution in [0, 0.1) is 0 Å². The third-order valence-electron chi connectivity index (χ3n) is 9.59. The number of fused-ring (bicyclic) bond motifs is 1. The van der Waals surface area contributed by atoms with Crippen molar-refractivity contribution in [3.8, 4) is 22.8 Å². The molecule has 0 N–H and O–H groups in total. The number of methoxy groups -OCH3 is 1. The smallest absolute Gasteiger partial charge is 0.192 e. The van der Waals surface area contributed by atoms with Crippen molar-refractivity contribution in [2.75, 3.05) is 13.7 Å². The topological polar surface area (TPSA) is 111 Å². The van der Waals surface area contributed by atoms with Gasteiger partial charge in [0.2, 0.25) is 0 Å². The van der Waals surface area contributed by atoms with E-state index in [1.54, 1.807) is 18.1 Å². The average Bonchev–Trinajstić information content (AvgIpc) is 3.69. The molecular weight excluding hydrogens is 591 g/mol. The SMILES string of the molecule is COc1ccc(-c2cn(-c3ncnc4c3ncn4[C@H]3C[C@H](O[Si](C)(C)C(C)(C)C)[C@@H](CO[Si](C)(C)C(C)(C)C)O3)nn2)cc1. The first-order valence-corrected chi connectivity index (χ1v) is 21.0. The van der Waals surface area contributed by atoms with Gasteiger partial charge in [-0.3, -0.25) is 4.57 Å². The summed E-state index contributed by atoms with van der Waals surface area (Å²) >= 11 is 0. The first-order valence-electron chi connectivity index (χ1n) is 15.2. The second kappa shape index (κ2) is 11.7. The van der Waals surface area contributed by atoms with E-state index in [1.807, 2.05) is 35.0 Å². The Morgan fingerprint density at radius 1 is 0.932 bits per heavy atom. The number of ether oxygens (including phenoxy) is 2. The summed E-state index contributed by atoms with van der Waals surface area (Å²) in [7, 11) is -2.42. The van der Waals surface area contributed by atoms with E-state index in [9.17, 15) is 0 Å². The highest BCUT2D eigenvalue weighted by atomic mass is 28.4. The van der Waals surface area contributed by atoms with E-state index in [-0.39, 0.29) is 28.5 Å². The van der Waals surface area contributed by atoms with E-state index in [0.29, 0.717) is 35.7 Å². The van der Waals surface area contributed by atoms with Crippen LogP contribution < -0.4 is 4.74 Å². The molecule has 1 aliphatic heterocycles. The summed E-state index contributed by atoms with van der Waals surface area (Å²) in [5, 5.41) is 8.89. The van der Waals surface area contributed by atoms with Gasteiger partial charge in [0.05, 0.1) is 32.3 Å². The maximum Gasteiger partial charge on any atom is 0.192 e. The fourth-order valence-electron chi connectivity index (χ4n) is 4.69. The van der Waals surface area contributed by atoms with Gasteiger partial charge in [0, 0.05) is 12.0 Å². The highest BCUT2D eigenvalue weighted by Gasteiger charge is 2.47. The molecule has 1 aromatic carbocycles. The zero-order valence-corrected chi connectivity index (χ0v) is 30.0. The van der Waals surface area contributed by atoms with Crippen LogP contribution in [0.25, 0.3) is 28.2 Å². The molecule has 0 bridgehead atoms. The monoisotopic (exact) mass is 637 g/mol. The number of hydrogen-bond donors (Lipinski definition) is 0. The summed E-state index contributed by atoms with van der Waals surface area (Å²) in [5.41, 5.74) is 2.92. The highest BCUT2D eigenvalue weighted by Crippen LogP contribution is 2.43. The standard InChI is InChI=1S/C31H47N7O4Si2/c1-30(2,3)43(8,9)40-18-25-24(42-44(10,11)31(4,5)6)16-26(41-25)37-20-34-27-28(37)32-19-33-29(27)38-17-23(35-36-38)21-12-14-22(39-7)15-13-21/h12-15,17,19-20,24-26H,16,18H2,1-11H3/t24-,25+,26+/m0/s1. The second-order valence-electron chi connectivity index (χ2n) is 14.7. The van der Waals surface area contributed by atoms with Crippen LogP contribution in [-0.2, 0) is 13.6 Å². The Hall–Kier alpha value is -2.98. The summed E-state index contributed by atoms with van der Waals surface area (Å²) in [4.78, 5) is 13.9. The number of rotatable bonds is 9. The lowest BCUT2D eigenvalue weighted by Crippen LogP contribution is -2.48. The Morgan fingerprint density at radius 2 is 1.61 bits per heavy atom. The van der Waals surface area contributed by atoms with Crippen LogP contribution in [0.5, 0.6) is 5.75 Å². The van der Waals surface area contributed by atoms with Crippen molar-refractivity contribution in [1.29, 1.82) is 0 Å². The Morgan fingerprint density at radius 3 is 2.25 bits per heavy atom. The van der Waals surface area contributed by atoms with Crippen LogP contribution in [0.3, 0.4) is 0 Å². The molecule has 0 unspecified atom stereocenters. The van der Waals surface area contributed by atoms with Gasteiger partial charge in [0.15, 0.2) is 33.6 Å². The van der Waals surface area contributed by atoms with Crippen molar-refractivity contribution in [1.82, 2.24) is 34.5 Å². The lowest BCUT2D eigenvalue weighted by Gasteiger charge is -2.40. The van der Waals surface area contributed by atoms with E-state index < -0.39 is 16.6 Å². The second-order valence-corrected chi connectivity index (χ2v) is 24.2. The Balaban J connectivity index is 1.42. The molecule has 4 heterocycles. The highest BCUT2D eigenvalue weighted by molar-refractivity contribution is 6.74. The molecule has 0 aliphatic carbocycles. The first-order chi connectivity index (χ1) is 20.5. The van der Waals surface area contributed by atoms with Gasteiger partial charge in [-0.1, -0.05) is 46.8 Å². The molecular formula is C31H47N7O4Si2. The molecule has 1 saturated heterocycles. The number of benzene rings is 1. The Kier molecular flexibility index (Phi) is 8.66. The predicted octanol–water partition coefficient (Wildman–Crippen LogP) is 6.78. The summed E-state index contributed by atoms with van der Waals surface area (Å²) in [6.45, 7) is 23.2. The minimum absolute atomic E-state index is 0.0717. The lowest BCUT2D eigenvalue weighted by atomic mass is 10.2. The number of hydrogen-bond acceptors (Lipinski definition) is 9. The van der Waals surface area contributed by atoms with Crippen LogP contribution in [0.1, 0.15) is 54.2 Å². The third kappa shape index (κ3) is 6.38. The summed E-state index contributed by atoms with van der Waals surface area (Å²) in [6.07, 6.45) is 5.20. The van der Waals surface area contributed by atoms with Crippen LogP contribution in [-0.4, -0.2) is 77.1 Å². The van der Waals surface area contributed by atoms with E-state index in [4.69, 9.17) is 23.3 Å². The number of imidazole rings is 1. The lowest BCUT2D eigenvalue weighted by molar-refractivity contribution is -0.0383. The molecule has 0 radical (unpaired) electrons. The molecule has 0 spiro atoms. The zero-order valence-electron chi connectivity index (χ0n) is 28.0. The zero-order chi connectivity index (χ0) is 32.1. The van der Waals surface area contributed by atoms with Gasteiger partial charge in [-0.15, -0.1) is 5.10 Å². The van der Waals surface area contributed by atoms with Crippen LogP contribution in [0.15, 0.2) is 43.1 Å². The molecule has 0 amide bonds. The van der Waals surface area contributed by atoms with Crippen molar-refractivity contribution in [2.24, 2.45) is 0 Å². The minimum atomic E-state index is -2.08. The molecule has 13 heteroatoms. The summed E-state index contributed by atoms with van der Waals surface area (Å²) < 4.78 is 29.3. The van der Waals surface area contributed by atoms with Crippen molar-refractivity contribution in [3.05, 3.63) is 43.1 Å². The van der Waals surface area contributed by atoms with Crippen molar-refractivity contribution in [2.45, 2.75) is 103 Å². The first kappa shape index (κ1) is 32.4. The van der Waals surface area contributed by atoms with Crippen molar-refractivity contribution < 1.29 is 18.3 Å². The number of nitrogens with zero attached hydrogens (tertiary/aromatic N) is 7. The normalized spacial score (nSPS) is 20.0. The molecule has 5 rings (SSSR count). The molecule has 1 fully saturated rings. The maximum atomic E-state index is 6.97. The Bertz CT molecular complexity index is 1590. The van der Waals surface area contributed by atoms with Gasteiger partial charge in [0.25, 0.3) is 0 Å². The molecule has 238 valence electrons. The van der Waals surface area contributed by atoms with E-state index >= 15 is 0 Å². The Labute approximate surface area is 262 Å². The molecule has 3 aromatic heterocycles. The van der Waals surface area contributed by atoms with Crippen molar-refractivity contribution in [3.63, 3.8) is 0 Å². The van der Waals surface area contributed by atoms with Gasteiger partial charge in [-0.2, -0.15) is 4.68 Å². The molecule has 3 atom stereocenters.